The van der Waals surface area contributed by atoms with Crippen LogP contribution in [0.2, 0.25) is 0 Å². The molecule has 0 amide bonds. The second-order valence-electron chi connectivity index (χ2n) is 6.49. The van der Waals surface area contributed by atoms with E-state index < -0.39 is 6.10 Å². The zero-order valence-electron chi connectivity index (χ0n) is 14.3. The number of rotatable bonds is 3. The average molecular weight is 315 g/mol. The second kappa shape index (κ2) is 6.28. The Kier molecular flexibility index (Phi) is 4.35. The maximum absolute atomic E-state index is 10.6. The fourth-order valence-corrected chi connectivity index (χ4v) is 3.18. The number of aryl methyl sites for hydroxylation is 3. The number of piperidine rings is 1. The lowest BCUT2D eigenvalue weighted by Gasteiger charge is -2.34. The van der Waals surface area contributed by atoms with Crippen LogP contribution >= 0.6 is 0 Å². The number of aliphatic hydroxyl groups is 1. The van der Waals surface area contributed by atoms with Crippen LogP contribution in [0.4, 0.5) is 5.95 Å². The molecule has 1 unspecified atom stereocenters. The van der Waals surface area contributed by atoms with Crippen molar-refractivity contribution >= 4 is 5.95 Å². The van der Waals surface area contributed by atoms with Crippen molar-refractivity contribution in [2.75, 3.05) is 18.0 Å². The van der Waals surface area contributed by atoms with E-state index in [0.717, 1.165) is 54.7 Å². The van der Waals surface area contributed by atoms with Gasteiger partial charge in [-0.15, -0.1) is 0 Å². The van der Waals surface area contributed by atoms with Crippen LogP contribution in [0.25, 0.3) is 0 Å². The Hall–Kier alpha value is -1.95. The maximum Gasteiger partial charge on any atom is 0.225 e. The maximum atomic E-state index is 10.6. The van der Waals surface area contributed by atoms with Gasteiger partial charge in [-0.25, -0.2) is 15.0 Å². The Morgan fingerprint density at radius 3 is 2.26 bits per heavy atom. The van der Waals surface area contributed by atoms with Crippen LogP contribution in [0.15, 0.2) is 12.4 Å². The summed E-state index contributed by atoms with van der Waals surface area (Å²) in [7, 11) is 1.92. The lowest BCUT2D eigenvalue weighted by Crippen LogP contribution is -2.37. The first kappa shape index (κ1) is 15.9. The third kappa shape index (κ3) is 3.08. The van der Waals surface area contributed by atoms with Gasteiger partial charge in [0.15, 0.2) is 0 Å². The van der Waals surface area contributed by atoms with Crippen LogP contribution in [0.5, 0.6) is 0 Å². The predicted octanol–water partition coefficient (Wildman–Crippen LogP) is 2.09. The smallest absolute Gasteiger partial charge is 0.225 e. The lowest BCUT2D eigenvalue weighted by molar-refractivity contribution is 0.0823. The van der Waals surface area contributed by atoms with Crippen molar-refractivity contribution in [3.63, 3.8) is 0 Å². The number of hydrogen-bond donors (Lipinski definition) is 1. The molecule has 6 nitrogen and oxygen atoms in total. The van der Waals surface area contributed by atoms with E-state index in [1.54, 1.807) is 6.20 Å². The molecule has 0 bridgehead atoms. The number of aliphatic hydroxyl groups excluding tert-OH is 1. The molecule has 0 spiro atoms. The molecule has 124 valence electrons. The Bertz CT molecular complexity index is 665. The minimum atomic E-state index is -0.500. The molecule has 1 aliphatic rings. The summed E-state index contributed by atoms with van der Waals surface area (Å²) in [5.41, 5.74) is 3.25. The lowest BCUT2D eigenvalue weighted by atomic mass is 9.91. The van der Waals surface area contributed by atoms with Crippen LogP contribution in [-0.4, -0.2) is 37.7 Å². The van der Waals surface area contributed by atoms with Gasteiger partial charge in [0, 0.05) is 43.9 Å². The highest BCUT2D eigenvalue weighted by molar-refractivity contribution is 5.36. The molecule has 1 saturated heterocycles. The SMILES string of the molecule is Cc1nc(N2CCC(C(O)c3nccn3C)CC2)nc(C)c1C. The zero-order valence-corrected chi connectivity index (χ0v) is 14.3. The quantitative estimate of drug-likeness (QED) is 0.939. The number of imidazole rings is 1. The summed E-state index contributed by atoms with van der Waals surface area (Å²) >= 11 is 0. The molecule has 3 heterocycles. The fourth-order valence-electron chi connectivity index (χ4n) is 3.18. The molecule has 6 heteroatoms. The molecule has 1 atom stereocenters. The molecule has 0 aliphatic carbocycles. The van der Waals surface area contributed by atoms with Crippen molar-refractivity contribution in [1.29, 1.82) is 0 Å². The largest absolute Gasteiger partial charge is 0.385 e. The summed E-state index contributed by atoms with van der Waals surface area (Å²) in [6.45, 7) is 7.86. The van der Waals surface area contributed by atoms with E-state index in [1.165, 1.54) is 0 Å². The van der Waals surface area contributed by atoms with Crippen LogP contribution < -0.4 is 4.90 Å². The second-order valence-corrected chi connectivity index (χ2v) is 6.49. The third-order valence-corrected chi connectivity index (χ3v) is 5.01. The first-order chi connectivity index (χ1) is 11.0. The zero-order chi connectivity index (χ0) is 16.6. The number of hydrogen-bond acceptors (Lipinski definition) is 5. The van der Waals surface area contributed by atoms with Crippen molar-refractivity contribution in [2.24, 2.45) is 13.0 Å². The molecule has 3 rings (SSSR count). The fraction of sp³-hybridized carbons (Fsp3) is 0.588. The molecule has 0 radical (unpaired) electrons. The predicted molar refractivity (Wildman–Crippen MR) is 89.3 cm³/mol. The Balaban J connectivity index is 1.68. The van der Waals surface area contributed by atoms with Crippen molar-refractivity contribution in [3.05, 3.63) is 35.2 Å². The minimum absolute atomic E-state index is 0.236. The standard InChI is InChI=1S/C17H25N5O/c1-11-12(2)19-17(20-13(11)3)22-8-5-14(6-9-22)15(23)16-18-7-10-21(16)4/h7,10,14-15,23H,5-6,8-9H2,1-4H3. The van der Waals surface area contributed by atoms with Crippen molar-refractivity contribution in [3.8, 4) is 0 Å². The third-order valence-electron chi connectivity index (χ3n) is 5.01. The van der Waals surface area contributed by atoms with E-state index >= 15 is 0 Å². The first-order valence-electron chi connectivity index (χ1n) is 8.19. The van der Waals surface area contributed by atoms with Crippen molar-refractivity contribution in [2.45, 2.75) is 39.7 Å². The van der Waals surface area contributed by atoms with E-state index in [1.807, 2.05) is 31.7 Å². The van der Waals surface area contributed by atoms with E-state index in [2.05, 4.69) is 26.8 Å². The van der Waals surface area contributed by atoms with Gasteiger partial charge >= 0.3 is 0 Å². The van der Waals surface area contributed by atoms with Crippen LogP contribution in [-0.2, 0) is 7.05 Å². The van der Waals surface area contributed by atoms with E-state index in [4.69, 9.17) is 0 Å². The van der Waals surface area contributed by atoms with Crippen LogP contribution in [0.3, 0.4) is 0 Å². The van der Waals surface area contributed by atoms with Crippen LogP contribution in [0, 0.1) is 26.7 Å². The van der Waals surface area contributed by atoms with Gasteiger partial charge in [-0.05, 0) is 45.1 Å². The minimum Gasteiger partial charge on any atom is -0.385 e. The van der Waals surface area contributed by atoms with Gasteiger partial charge in [-0.3, -0.25) is 0 Å². The molecule has 1 fully saturated rings. The Morgan fingerprint density at radius 2 is 1.74 bits per heavy atom. The summed E-state index contributed by atoms with van der Waals surface area (Å²) in [5, 5.41) is 10.6. The van der Waals surface area contributed by atoms with Crippen LogP contribution in [0.1, 0.15) is 41.7 Å². The summed E-state index contributed by atoms with van der Waals surface area (Å²) in [5.74, 6) is 1.80. The molecule has 2 aromatic heterocycles. The van der Waals surface area contributed by atoms with Gasteiger partial charge in [-0.2, -0.15) is 0 Å². The highest BCUT2D eigenvalue weighted by Crippen LogP contribution is 2.31. The topological polar surface area (TPSA) is 67.1 Å². The molecule has 0 saturated carbocycles. The van der Waals surface area contributed by atoms with Gasteiger partial charge in [0.2, 0.25) is 5.95 Å². The number of aromatic nitrogens is 4. The monoisotopic (exact) mass is 315 g/mol. The summed E-state index contributed by atoms with van der Waals surface area (Å²) in [6, 6.07) is 0. The highest BCUT2D eigenvalue weighted by Gasteiger charge is 2.29. The molecule has 0 aromatic carbocycles. The van der Waals surface area contributed by atoms with Crippen molar-refractivity contribution in [1.82, 2.24) is 19.5 Å². The highest BCUT2D eigenvalue weighted by atomic mass is 16.3. The van der Waals surface area contributed by atoms with E-state index in [-0.39, 0.29) is 5.92 Å². The van der Waals surface area contributed by atoms with Gasteiger partial charge in [0.25, 0.3) is 0 Å². The Labute approximate surface area is 137 Å². The molecular formula is C17H25N5O. The van der Waals surface area contributed by atoms with Gasteiger partial charge < -0.3 is 14.6 Å². The van der Waals surface area contributed by atoms with E-state index in [9.17, 15) is 5.11 Å². The molecule has 1 N–H and O–H groups in total. The first-order valence-corrected chi connectivity index (χ1v) is 8.19. The average Bonchev–Trinajstić information content (AvgIpc) is 2.97. The molecule has 1 aliphatic heterocycles. The normalized spacial score (nSPS) is 17.5. The summed E-state index contributed by atoms with van der Waals surface area (Å²) < 4.78 is 1.90. The molecular weight excluding hydrogens is 290 g/mol. The van der Waals surface area contributed by atoms with E-state index in [0.29, 0.717) is 0 Å². The van der Waals surface area contributed by atoms with Gasteiger partial charge in [-0.1, -0.05) is 0 Å². The van der Waals surface area contributed by atoms with Gasteiger partial charge in [0.05, 0.1) is 0 Å². The Morgan fingerprint density at radius 1 is 1.13 bits per heavy atom. The molecule has 2 aromatic rings. The molecule has 23 heavy (non-hydrogen) atoms. The summed E-state index contributed by atoms with van der Waals surface area (Å²) in [4.78, 5) is 15.8. The van der Waals surface area contributed by atoms with Crippen molar-refractivity contribution < 1.29 is 5.11 Å². The summed E-state index contributed by atoms with van der Waals surface area (Å²) in [6.07, 6.45) is 4.95. The number of nitrogens with zero attached hydrogens (tertiary/aromatic N) is 5. The van der Waals surface area contributed by atoms with Gasteiger partial charge in [0.1, 0.15) is 11.9 Å². The number of anilines is 1.